The van der Waals surface area contributed by atoms with Crippen LogP contribution in [0.25, 0.3) is 11.4 Å². The number of nitrogens with one attached hydrogen (secondary N) is 2. The second kappa shape index (κ2) is 5.97. The summed E-state index contributed by atoms with van der Waals surface area (Å²) in [4.78, 5) is 30.1. The molecule has 0 aliphatic carbocycles. The summed E-state index contributed by atoms with van der Waals surface area (Å²) >= 11 is 0. The third-order valence-corrected chi connectivity index (χ3v) is 4.13. The summed E-state index contributed by atoms with van der Waals surface area (Å²) in [5, 5.41) is 7.21. The van der Waals surface area contributed by atoms with Crippen molar-refractivity contribution in [2.24, 2.45) is 0 Å². The topological polar surface area (TPSA) is 103 Å². The zero-order chi connectivity index (χ0) is 16.5. The first-order chi connectivity index (χ1) is 11.7. The molecule has 24 heavy (non-hydrogen) atoms. The number of aromatic nitrogens is 6. The van der Waals surface area contributed by atoms with Gasteiger partial charge < -0.3 is 4.98 Å². The van der Waals surface area contributed by atoms with E-state index < -0.39 is 0 Å². The highest BCUT2D eigenvalue weighted by atomic mass is 16.1. The normalized spacial score (nSPS) is 14.5. The Morgan fingerprint density at radius 3 is 2.88 bits per heavy atom. The van der Waals surface area contributed by atoms with Crippen molar-refractivity contribution < 1.29 is 0 Å². The van der Waals surface area contributed by atoms with Gasteiger partial charge in [0.25, 0.3) is 5.56 Å². The van der Waals surface area contributed by atoms with E-state index in [-0.39, 0.29) is 5.56 Å². The summed E-state index contributed by atoms with van der Waals surface area (Å²) < 4.78 is 0. The van der Waals surface area contributed by atoms with E-state index in [1.165, 1.54) is 6.33 Å². The predicted molar refractivity (Wildman–Crippen MR) is 87.0 cm³/mol. The van der Waals surface area contributed by atoms with Gasteiger partial charge in [0.15, 0.2) is 0 Å². The van der Waals surface area contributed by atoms with Crippen LogP contribution in [0.1, 0.15) is 22.6 Å². The standard InChI is InChI=1S/C16H17N7O/c1-10-4-12(22-21-10)7-23-3-2-14-13(8-23)16(24)20-15(19-14)11-5-17-9-18-6-11/h4-6,9H,2-3,7-8H2,1H3,(H,21,22)(H,19,20,24). The number of H-pyrrole nitrogens is 2. The first-order valence-electron chi connectivity index (χ1n) is 7.80. The van der Waals surface area contributed by atoms with Gasteiger partial charge in [-0.1, -0.05) is 0 Å². The smallest absolute Gasteiger partial charge is 0.255 e. The zero-order valence-electron chi connectivity index (χ0n) is 13.3. The Hall–Kier alpha value is -2.87. The number of nitrogens with zero attached hydrogens (tertiary/aromatic N) is 5. The molecule has 0 aromatic carbocycles. The molecule has 4 heterocycles. The molecule has 1 aliphatic heterocycles. The van der Waals surface area contributed by atoms with E-state index in [1.807, 2.05) is 13.0 Å². The monoisotopic (exact) mass is 323 g/mol. The van der Waals surface area contributed by atoms with E-state index in [0.29, 0.717) is 17.9 Å². The van der Waals surface area contributed by atoms with Crippen LogP contribution in [0.3, 0.4) is 0 Å². The Kier molecular flexibility index (Phi) is 3.66. The van der Waals surface area contributed by atoms with Gasteiger partial charge >= 0.3 is 0 Å². The third kappa shape index (κ3) is 2.83. The molecule has 0 saturated heterocycles. The Morgan fingerprint density at radius 2 is 2.12 bits per heavy atom. The van der Waals surface area contributed by atoms with Crippen molar-refractivity contribution in [2.75, 3.05) is 6.54 Å². The molecule has 0 atom stereocenters. The average Bonchev–Trinajstić information content (AvgIpc) is 3.01. The lowest BCUT2D eigenvalue weighted by Crippen LogP contribution is -2.35. The minimum atomic E-state index is -0.0956. The fourth-order valence-electron chi connectivity index (χ4n) is 2.96. The van der Waals surface area contributed by atoms with Gasteiger partial charge in [-0.3, -0.25) is 14.8 Å². The second-order valence-corrected chi connectivity index (χ2v) is 5.97. The molecule has 0 saturated carbocycles. The summed E-state index contributed by atoms with van der Waals surface area (Å²) in [7, 11) is 0. The molecule has 0 unspecified atom stereocenters. The number of aromatic amines is 2. The molecule has 3 aromatic heterocycles. The molecule has 122 valence electrons. The van der Waals surface area contributed by atoms with Gasteiger partial charge in [0.2, 0.25) is 0 Å². The number of fused-ring (bicyclic) bond motifs is 1. The molecule has 0 fully saturated rings. The van der Waals surface area contributed by atoms with Crippen molar-refractivity contribution in [3.05, 3.63) is 57.8 Å². The van der Waals surface area contributed by atoms with Gasteiger partial charge in [0, 0.05) is 44.1 Å². The van der Waals surface area contributed by atoms with Crippen molar-refractivity contribution >= 4 is 0 Å². The van der Waals surface area contributed by atoms with Crippen LogP contribution in [0.4, 0.5) is 0 Å². The minimum absolute atomic E-state index is 0.0956. The molecule has 0 amide bonds. The highest BCUT2D eigenvalue weighted by Gasteiger charge is 2.22. The second-order valence-electron chi connectivity index (χ2n) is 5.97. The molecule has 0 bridgehead atoms. The molecule has 8 heteroatoms. The molecule has 8 nitrogen and oxygen atoms in total. The third-order valence-electron chi connectivity index (χ3n) is 4.13. The highest BCUT2D eigenvalue weighted by Crippen LogP contribution is 2.18. The van der Waals surface area contributed by atoms with Crippen LogP contribution in [-0.2, 0) is 19.5 Å². The van der Waals surface area contributed by atoms with E-state index in [4.69, 9.17) is 0 Å². The maximum atomic E-state index is 12.5. The molecule has 0 spiro atoms. The van der Waals surface area contributed by atoms with Gasteiger partial charge in [-0.25, -0.2) is 15.0 Å². The van der Waals surface area contributed by atoms with Gasteiger partial charge in [-0.15, -0.1) is 0 Å². The molecule has 1 aliphatic rings. The number of rotatable bonds is 3. The summed E-state index contributed by atoms with van der Waals surface area (Å²) in [6, 6.07) is 2.02. The molecule has 2 N–H and O–H groups in total. The Labute approximate surface area is 138 Å². The van der Waals surface area contributed by atoms with E-state index in [9.17, 15) is 4.79 Å². The van der Waals surface area contributed by atoms with E-state index in [0.717, 1.165) is 42.2 Å². The minimum Gasteiger partial charge on any atom is -0.306 e. The highest BCUT2D eigenvalue weighted by molar-refractivity contribution is 5.52. The number of hydrogen-bond acceptors (Lipinski definition) is 6. The summed E-state index contributed by atoms with van der Waals surface area (Å²) in [6.07, 6.45) is 5.48. The van der Waals surface area contributed by atoms with Crippen molar-refractivity contribution in [1.29, 1.82) is 0 Å². The van der Waals surface area contributed by atoms with Crippen LogP contribution >= 0.6 is 0 Å². The molecular weight excluding hydrogens is 306 g/mol. The average molecular weight is 323 g/mol. The van der Waals surface area contributed by atoms with E-state index >= 15 is 0 Å². The molecule has 3 aromatic rings. The van der Waals surface area contributed by atoms with E-state index in [2.05, 4.69) is 35.0 Å². The first-order valence-corrected chi connectivity index (χ1v) is 7.80. The van der Waals surface area contributed by atoms with Gasteiger partial charge in [-0.05, 0) is 13.0 Å². The van der Waals surface area contributed by atoms with E-state index in [1.54, 1.807) is 12.4 Å². The summed E-state index contributed by atoms with van der Waals surface area (Å²) in [6.45, 7) is 4.12. The Morgan fingerprint density at radius 1 is 1.29 bits per heavy atom. The lowest BCUT2D eigenvalue weighted by Gasteiger charge is -2.26. The largest absolute Gasteiger partial charge is 0.306 e. The predicted octanol–water partition coefficient (Wildman–Crippen LogP) is 0.817. The first kappa shape index (κ1) is 14.7. The van der Waals surface area contributed by atoms with Crippen LogP contribution in [0.15, 0.2) is 29.6 Å². The number of hydrogen-bond donors (Lipinski definition) is 2. The quantitative estimate of drug-likeness (QED) is 0.739. The summed E-state index contributed by atoms with van der Waals surface area (Å²) in [5.41, 5.74) is 4.23. The van der Waals surface area contributed by atoms with Crippen LogP contribution in [0, 0.1) is 6.92 Å². The van der Waals surface area contributed by atoms with Crippen LogP contribution in [0.2, 0.25) is 0 Å². The maximum Gasteiger partial charge on any atom is 0.255 e. The van der Waals surface area contributed by atoms with Crippen LogP contribution in [0.5, 0.6) is 0 Å². The lowest BCUT2D eigenvalue weighted by atomic mass is 10.1. The Bertz CT molecular complexity index is 916. The fourth-order valence-corrected chi connectivity index (χ4v) is 2.96. The van der Waals surface area contributed by atoms with Crippen LogP contribution in [-0.4, -0.2) is 41.6 Å². The molecule has 4 rings (SSSR count). The van der Waals surface area contributed by atoms with Crippen molar-refractivity contribution in [1.82, 2.24) is 35.0 Å². The van der Waals surface area contributed by atoms with Crippen molar-refractivity contribution in [2.45, 2.75) is 26.4 Å². The lowest BCUT2D eigenvalue weighted by molar-refractivity contribution is 0.239. The molecule has 0 radical (unpaired) electrons. The van der Waals surface area contributed by atoms with Crippen molar-refractivity contribution in [3.63, 3.8) is 0 Å². The Balaban J connectivity index is 1.59. The van der Waals surface area contributed by atoms with Gasteiger partial charge in [0.1, 0.15) is 12.2 Å². The van der Waals surface area contributed by atoms with Gasteiger partial charge in [-0.2, -0.15) is 5.10 Å². The zero-order valence-corrected chi connectivity index (χ0v) is 13.3. The van der Waals surface area contributed by atoms with Crippen molar-refractivity contribution in [3.8, 4) is 11.4 Å². The fraction of sp³-hybridized carbons (Fsp3) is 0.312. The maximum absolute atomic E-state index is 12.5. The summed E-state index contributed by atoms with van der Waals surface area (Å²) in [5.74, 6) is 0.524. The van der Waals surface area contributed by atoms with Crippen LogP contribution < -0.4 is 5.56 Å². The molecular formula is C16H17N7O. The number of aryl methyl sites for hydroxylation is 1. The SMILES string of the molecule is Cc1cc(CN2CCc3nc(-c4cncnc4)[nH]c(=O)c3C2)n[nH]1. The van der Waals surface area contributed by atoms with Gasteiger partial charge in [0.05, 0.1) is 22.5 Å².